The summed E-state index contributed by atoms with van der Waals surface area (Å²) in [5.41, 5.74) is 2.40. The SMILES string of the molecule is CC[NH+]1CC[NH+](C[C@@H](O)COc2cc(C)cc(C)c2)CC1. The summed E-state index contributed by atoms with van der Waals surface area (Å²) in [5.74, 6) is 0.863. The van der Waals surface area contributed by atoms with E-state index < -0.39 is 0 Å². The molecule has 3 N–H and O–H groups in total. The Morgan fingerprint density at radius 3 is 2.19 bits per heavy atom. The van der Waals surface area contributed by atoms with Crippen molar-refractivity contribution in [2.24, 2.45) is 0 Å². The van der Waals surface area contributed by atoms with Gasteiger partial charge in [-0.15, -0.1) is 0 Å². The standard InChI is InChI=1S/C17H28N2O2/c1-4-18-5-7-19(8-6-18)12-16(20)13-21-17-10-14(2)9-15(3)11-17/h9-11,16,20H,4-8,12-13H2,1-3H3/p+2/t16-/m1/s1. The van der Waals surface area contributed by atoms with Gasteiger partial charge >= 0.3 is 0 Å². The van der Waals surface area contributed by atoms with Crippen LogP contribution >= 0.6 is 0 Å². The minimum atomic E-state index is -0.385. The van der Waals surface area contributed by atoms with Crippen molar-refractivity contribution in [3.8, 4) is 5.75 Å². The van der Waals surface area contributed by atoms with Crippen LogP contribution in [0.15, 0.2) is 18.2 Å². The van der Waals surface area contributed by atoms with Gasteiger partial charge in [-0.1, -0.05) is 6.07 Å². The zero-order valence-electron chi connectivity index (χ0n) is 13.6. The number of rotatable bonds is 6. The molecule has 1 heterocycles. The first-order valence-corrected chi connectivity index (χ1v) is 8.13. The molecule has 1 aromatic carbocycles. The number of aryl methyl sites for hydroxylation is 2. The maximum atomic E-state index is 10.2. The van der Waals surface area contributed by atoms with Gasteiger partial charge in [-0.05, 0) is 44.0 Å². The molecule has 1 aliphatic heterocycles. The van der Waals surface area contributed by atoms with Crippen molar-refractivity contribution in [2.75, 3.05) is 45.9 Å². The van der Waals surface area contributed by atoms with Crippen molar-refractivity contribution in [2.45, 2.75) is 26.9 Å². The Bertz CT molecular complexity index is 422. The van der Waals surface area contributed by atoms with Crippen LogP contribution in [-0.2, 0) is 0 Å². The highest BCUT2D eigenvalue weighted by atomic mass is 16.5. The van der Waals surface area contributed by atoms with Crippen molar-refractivity contribution < 1.29 is 19.6 Å². The molecule has 118 valence electrons. The second-order valence-electron chi connectivity index (χ2n) is 6.35. The van der Waals surface area contributed by atoms with Crippen LogP contribution < -0.4 is 14.5 Å². The highest BCUT2D eigenvalue weighted by molar-refractivity contribution is 5.32. The van der Waals surface area contributed by atoms with Crippen molar-refractivity contribution in [1.82, 2.24) is 0 Å². The number of hydrogen-bond donors (Lipinski definition) is 3. The number of likely N-dealkylation sites (N-methyl/N-ethyl adjacent to an activating group) is 1. The number of benzene rings is 1. The second kappa shape index (κ2) is 7.78. The van der Waals surface area contributed by atoms with Gasteiger partial charge in [0.05, 0.1) is 6.54 Å². The third-order valence-electron chi connectivity index (χ3n) is 4.33. The summed E-state index contributed by atoms with van der Waals surface area (Å²) in [6.07, 6.45) is -0.385. The summed E-state index contributed by atoms with van der Waals surface area (Å²) in [6, 6.07) is 6.18. The molecule has 0 aromatic heterocycles. The molecular formula is C17H30N2O2+2. The van der Waals surface area contributed by atoms with E-state index in [4.69, 9.17) is 4.74 Å². The molecule has 0 bridgehead atoms. The van der Waals surface area contributed by atoms with Crippen molar-refractivity contribution in [1.29, 1.82) is 0 Å². The largest absolute Gasteiger partial charge is 0.491 e. The molecule has 0 saturated carbocycles. The van der Waals surface area contributed by atoms with Gasteiger partial charge in [0, 0.05) is 0 Å². The van der Waals surface area contributed by atoms with Crippen LogP contribution in [0.3, 0.4) is 0 Å². The number of aliphatic hydroxyl groups excluding tert-OH is 1. The van der Waals surface area contributed by atoms with Crippen LogP contribution in [0.5, 0.6) is 5.75 Å². The summed E-state index contributed by atoms with van der Waals surface area (Å²) in [7, 11) is 0. The Hall–Kier alpha value is -1.10. The maximum Gasteiger partial charge on any atom is 0.137 e. The highest BCUT2D eigenvalue weighted by Gasteiger charge is 2.23. The van der Waals surface area contributed by atoms with Gasteiger partial charge in [-0.25, -0.2) is 0 Å². The number of aliphatic hydroxyl groups is 1. The van der Waals surface area contributed by atoms with E-state index in [9.17, 15) is 5.11 Å². The Balaban J connectivity index is 1.73. The Morgan fingerprint density at radius 1 is 1.05 bits per heavy atom. The van der Waals surface area contributed by atoms with Crippen molar-refractivity contribution in [3.63, 3.8) is 0 Å². The van der Waals surface area contributed by atoms with Crippen LogP contribution in [0.25, 0.3) is 0 Å². The molecule has 4 nitrogen and oxygen atoms in total. The van der Waals surface area contributed by atoms with E-state index in [2.05, 4.69) is 26.8 Å². The lowest BCUT2D eigenvalue weighted by Crippen LogP contribution is -3.28. The van der Waals surface area contributed by atoms with Crippen LogP contribution in [0.2, 0.25) is 0 Å². The van der Waals surface area contributed by atoms with E-state index in [1.807, 2.05) is 12.1 Å². The van der Waals surface area contributed by atoms with Gasteiger partial charge in [0.15, 0.2) is 0 Å². The van der Waals surface area contributed by atoms with Gasteiger partial charge in [0.2, 0.25) is 0 Å². The van der Waals surface area contributed by atoms with E-state index >= 15 is 0 Å². The first kappa shape index (κ1) is 16.3. The lowest BCUT2D eigenvalue weighted by molar-refractivity contribution is -1.01. The number of nitrogens with one attached hydrogen (secondary N) is 2. The zero-order valence-corrected chi connectivity index (χ0v) is 13.6. The monoisotopic (exact) mass is 294 g/mol. The molecule has 1 fully saturated rings. The minimum Gasteiger partial charge on any atom is -0.491 e. The van der Waals surface area contributed by atoms with E-state index in [1.54, 1.807) is 4.90 Å². The zero-order chi connectivity index (χ0) is 15.2. The third kappa shape index (κ3) is 5.30. The molecule has 0 unspecified atom stereocenters. The highest BCUT2D eigenvalue weighted by Crippen LogP contribution is 2.16. The lowest BCUT2D eigenvalue weighted by atomic mass is 10.1. The Labute approximate surface area is 128 Å². The van der Waals surface area contributed by atoms with Crippen LogP contribution in [0, 0.1) is 13.8 Å². The van der Waals surface area contributed by atoms with Gasteiger partial charge in [0.1, 0.15) is 51.2 Å². The summed E-state index contributed by atoms with van der Waals surface area (Å²) < 4.78 is 5.74. The van der Waals surface area contributed by atoms with Crippen LogP contribution in [0.1, 0.15) is 18.1 Å². The van der Waals surface area contributed by atoms with E-state index in [-0.39, 0.29) is 6.10 Å². The molecular weight excluding hydrogens is 264 g/mol. The fourth-order valence-electron chi connectivity index (χ4n) is 3.12. The molecule has 2 rings (SSSR count). The van der Waals surface area contributed by atoms with Crippen LogP contribution in [-0.4, -0.2) is 57.1 Å². The number of quaternary nitrogens is 2. The molecule has 1 aliphatic rings. The fraction of sp³-hybridized carbons (Fsp3) is 0.647. The molecule has 1 saturated heterocycles. The van der Waals surface area contributed by atoms with Crippen LogP contribution in [0.4, 0.5) is 0 Å². The summed E-state index contributed by atoms with van der Waals surface area (Å²) in [4.78, 5) is 3.18. The quantitative estimate of drug-likeness (QED) is 0.620. The predicted molar refractivity (Wildman–Crippen MR) is 84.2 cm³/mol. The average molecular weight is 294 g/mol. The van der Waals surface area contributed by atoms with Gasteiger partial charge < -0.3 is 19.6 Å². The molecule has 21 heavy (non-hydrogen) atoms. The third-order valence-corrected chi connectivity index (χ3v) is 4.33. The van der Waals surface area contributed by atoms with Crippen molar-refractivity contribution in [3.05, 3.63) is 29.3 Å². The smallest absolute Gasteiger partial charge is 0.137 e. The minimum absolute atomic E-state index is 0.385. The first-order valence-electron chi connectivity index (χ1n) is 8.13. The maximum absolute atomic E-state index is 10.2. The molecule has 1 aromatic rings. The Kier molecular flexibility index (Phi) is 6.03. The Morgan fingerprint density at radius 2 is 1.62 bits per heavy atom. The summed E-state index contributed by atoms with van der Waals surface area (Å²) >= 11 is 0. The number of ether oxygens (including phenoxy) is 1. The summed E-state index contributed by atoms with van der Waals surface area (Å²) in [5, 5.41) is 10.2. The van der Waals surface area contributed by atoms with Crippen molar-refractivity contribution >= 4 is 0 Å². The lowest BCUT2D eigenvalue weighted by Gasteiger charge is -2.30. The molecule has 4 heteroatoms. The van der Waals surface area contributed by atoms with E-state index in [0.29, 0.717) is 6.61 Å². The molecule has 0 amide bonds. The molecule has 0 aliphatic carbocycles. The van der Waals surface area contributed by atoms with Gasteiger partial charge in [0.25, 0.3) is 0 Å². The summed E-state index contributed by atoms with van der Waals surface area (Å²) in [6.45, 7) is 13.5. The first-order chi connectivity index (χ1) is 10.1. The molecule has 1 atom stereocenters. The van der Waals surface area contributed by atoms with Gasteiger partial charge in [-0.3, -0.25) is 0 Å². The predicted octanol–water partition coefficient (Wildman–Crippen LogP) is -1.15. The van der Waals surface area contributed by atoms with Gasteiger partial charge in [-0.2, -0.15) is 0 Å². The topological polar surface area (TPSA) is 38.3 Å². The average Bonchev–Trinajstić information content (AvgIpc) is 2.45. The second-order valence-corrected chi connectivity index (χ2v) is 6.35. The van der Waals surface area contributed by atoms with E-state index in [1.165, 1.54) is 35.7 Å². The molecule has 0 radical (unpaired) electrons. The molecule has 0 spiro atoms. The normalized spacial score (nSPS) is 23.8. The fourth-order valence-corrected chi connectivity index (χ4v) is 3.12. The number of hydrogen-bond acceptors (Lipinski definition) is 2. The van der Waals surface area contributed by atoms with E-state index in [0.717, 1.165) is 25.4 Å². The number of piperazine rings is 1.